The summed E-state index contributed by atoms with van der Waals surface area (Å²) in [6, 6.07) is 4.99. The van der Waals surface area contributed by atoms with Gasteiger partial charge in [-0.05, 0) is 38.2 Å². The van der Waals surface area contributed by atoms with Crippen molar-refractivity contribution in [2.45, 2.75) is 38.4 Å². The third kappa shape index (κ3) is 13.4. The van der Waals surface area contributed by atoms with E-state index in [-0.39, 0.29) is 54.9 Å². The number of carbonyl (C=O) groups excluding carboxylic acids is 1. The Morgan fingerprint density at radius 1 is 1.29 bits per heavy atom. The minimum absolute atomic E-state index is 0. The van der Waals surface area contributed by atoms with Gasteiger partial charge >= 0.3 is 35.7 Å². The van der Waals surface area contributed by atoms with Gasteiger partial charge in [-0.1, -0.05) is 19.2 Å². The van der Waals surface area contributed by atoms with Crippen LogP contribution >= 0.6 is 11.8 Å². The average molecular weight is 499 g/mol. The maximum atomic E-state index is 13.4. The summed E-state index contributed by atoms with van der Waals surface area (Å²) in [5.74, 6) is -0.271. The third-order valence-corrected chi connectivity index (χ3v) is 4.81. The van der Waals surface area contributed by atoms with Crippen molar-refractivity contribution in [2.75, 3.05) is 32.2 Å². The van der Waals surface area contributed by atoms with Gasteiger partial charge in [0.05, 0.1) is 17.6 Å². The Bertz CT molecular complexity index is 801. The van der Waals surface area contributed by atoms with Gasteiger partial charge in [-0.3, -0.25) is 0 Å². The number of fused-ring (bicyclic) bond motifs is 1. The third-order valence-electron chi connectivity index (χ3n) is 4.16. The molecular weight excluding hydrogens is 472 g/mol. The maximum absolute atomic E-state index is 13.4. The van der Waals surface area contributed by atoms with Crippen molar-refractivity contribution < 1.29 is 43.5 Å². The molecule has 167 valence electrons. The number of thioether (sulfide) groups is 1. The number of aromatic nitrogens is 2. The molecule has 16 heteroatoms. The zero-order valence-electron chi connectivity index (χ0n) is 19.7. The average Bonchev–Trinajstić information content (AvgIpc) is 3.13. The largest absolute Gasteiger partial charge is 1.00 e. The first-order valence-corrected chi connectivity index (χ1v) is 11.9. The molecule has 1 fully saturated rings. The van der Waals surface area contributed by atoms with Crippen LogP contribution in [0.3, 0.4) is 0 Å². The number of nitrogens with zero attached hydrogens (tertiary/aromatic N) is 3. The van der Waals surface area contributed by atoms with Gasteiger partial charge in [0.15, 0.2) is 5.16 Å². The predicted molar refractivity (Wildman–Crippen MR) is 149 cm³/mol. The quantitative estimate of drug-likeness (QED) is 0.303. The Labute approximate surface area is 244 Å². The molecular formula is C18H27B7FN3NaO2S2. The van der Waals surface area contributed by atoms with Crippen molar-refractivity contribution in [3.63, 3.8) is 0 Å². The maximum Gasteiger partial charge on any atom is 1.00 e. The van der Waals surface area contributed by atoms with Crippen LogP contribution < -0.4 is 29.6 Å². The molecule has 11 radical (unpaired) electrons. The second-order valence-electron chi connectivity index (χ2n) is 6.29. The molecule has 2 aromatic rings. The molecule has 0 saturated carbocycles. The number of rotatable bonds is 3. The number of imidazole rings is 1. The van der Waals surface area contributed by atoms with Gasteiger partial charge in [-0.2, -0.15) is 6.26 Å². The summed E-state index contributed by atoms with van der Waals surface area (Å²) in [6.45, 7) is 3.54. The first kappa shape index (κ1) is 38.6. The van der Waals surface area contributed by atoms with E-state index < -0.39 is 6.39 Å². The molecule has 3 rings (SSSR count). The Balaban J connectivity index is -0.000000765. The smallest absolute Gasteiger partial charge is 0.796 e. The molecule has 1 aromatic heterocycles. The molecule has 2 heterocycles. The molecule has 0 aliphatic carbocycles. The number of ether oxygens (including phenoxy) is 1. The second-order valence-corrected chi connectivity index (χ2v) is 7.06. The normalized spacial score (nSPS) is 12.1. The van der Waals surface area contributed by atoms with E-state index in [1.807, 2.05) is 13.2 Å². The number of piperidine rings is 1. The van der Waals surface area contributed by atoms with Gasteiger partial charge in [0, 0.05) is 77.3 Å². The molecule has 0 spiro atoms. The Morgan fingerprint density at radius 3 is 2.24 bits per heavy atom. The number of likely N-dealkylation sites (tertiary alicyclic amines) is 1. The summed E-state index contributed by atoms with van der Waals surface area (Å²) in [7, 11) is 24.0. The van der Waals surface area contributed by atoms with Crippen molar-refractivity contribution in [3.05, 3.63) is 24.0 Å². The van der Waals surface area contributed by atoms with Crippen molar-refractivity contribution in [1.29, 1.82) is 0 Å². The molecule has 1 amide bonds. The van der Waals surface area contributed by atoms with Crippen molar-refractivity contribution in [1.82, 2.24) is 14.5 Å². The molecule has 0 bridgehead atoms. The summed E-state index contributed by atoms with van der Waals surface area (Å²) in [6.07, 6.45) is 4.33. The van der Waals surface area contributed by atoms with Crippen LogP contribution in [0.15, 0.2) is 23.4 Å². The van der Waals surface area contributed by atoms with Crippen LogP contribution in [0.2, 0.25) is 0 Å². The van der Waals surface area contributed by atoms with E-state index in [9.17, 15) is 9.18 Å². The number of amides is 1. The van der Waals surface area contributed by atoms with E-state index in [1.54, 1.807) is 29.0 Å². The van der Waals surface area contributed by atoms with Crippen LogP contribution in [-0.2, 0) is 17.4 Å². The SMILES string of the molecule is C.CCOC(=O)N1CCC(n2c(SC)nc3cc(F)ccc32)CC1.C[S-].[B]B([B])[B].[B][B][B].[Na+]. The molecule has 1 aliphatic heterocycles. The van der Waals surface area contributed by atoms with E-state index >= 15 is 0 Å². The second kappa shape index (κ2) is 22.3. The minimum atomic E-state index is -0.667. The summed E-state index contributed by atoms with van der Waals surface area (Å²) in [5, 5.41) is 0.889. The van der Waals surface area contributed by atoms with Crippen LogP contribution in [0, 0.1) is 5.82 Å². The van der Waals surface area contributed by atoms with E-state index in [0.29, 0.717) is 25.2 Å². The van der Waals surface area contributed by atoms with Crippen LogP contribution in [-0.4, -0.2) is 105 Å². The molecule has 0 unspecified atom stereocenters. The monoisotopic (exact) mass is 500 g/mol. The fourth-order valence-corrected chi connectivity index (χ4v) is 3.70. The molecule has 34 heavy (non-hydrogen) atoms. The topological polar surface area (TPSA) is 47.4 Å². The van der Waals surface area contributed by atoms with Crippen molar-refractivity contribution in [2.24, 2.45) is 0 Å². The minimum Gasteiger partial charge on any atom is -0.796 e. The van der Waals surface area contributed by atoms with Crippen LogP contribution in [0.4, 0.5) is 9.18 Å². The van der Waals surface area contributed by atoms with Gasteiger partial charge in [0.25, 0.3) is 0 Å². The first-order chi connectivity index (χ1) is 15.3. The fourth-order valence-electron chi connectivity index (χ4n) is 3.07. The van der Waals surface area contributed by atoms with Crippen molar-refractivity contribution in [3.8, 4) is 0 Å². The Kier molecular flexibility index (Phi) is 25.3. The Hall–Kier alpha value is 0.0445. The summed E-state index contributed by atoms with van der Waals surface area (Å²) >= 11 is 5.64. The van der Waals surface area contributed by atoms with Gasteiger partial charge in [0.1, 0.15) is 5.82 Å². The summed E-state index contributed by atoms with van der Waals surface area (Å²) in [5.41, 5.74) is 1.63. The van der Waals surface area contributed by atoms with E-state index in [4.69, 9.17) is 4.74 Å². The Morgan fingerprint density at radius 2 is 1.79 bits per heavy atom. The molecule has 0 atom stereocenters. The molecule has 5 nitrogen and oxygen atoms in total. The van der Waals surface area contributed by atoms with Gasteiger partial charge in [-0.15, -0.1) is 0 Å². The van der Waals surface area contributed by atoms with Crippen LogP contribution in [0.1, 0.15) is 33.2 Å². The van der Waals surface area contributed by atoms with Gasteiger partial charge < -0.3 is 26.8 Å². The van der Waals surface area contributed by atoms with Gasteiger partial charge in [0.2, 0.25) is 0 Å². The van der Waals surface area contributed by atoms with Crippen LogP contribution in [0.25, 0.3) is 11.0 Å². The zero-order chi connectivity index (χ0) is 24.7. The first-order valence-electron chi connectivity index (χ1n) is 9.84. The summed E-state index contributed by atoms with van der Waals surface area (Å²) in [4.78, 5) is 18.1. The molecule has 1 aliphatic rings. The number of hydrogen-bond donors (Lipinski definition) is 0. The van der Waals surface area contributed by atoms with E-state index in [2.05, 4.69) is 60.9 Å². The number of halogens is 1. The molecule has 1 saturated heterocycles. The fraction of sp³-hybridized carbons (Fsp3) is 0.556. The van der Waals surface area contributed by atoms with Crippen molar-refractivity contribution >= 4 is 93.6 Å². The molecule has 0 N–H and O–H groups in total. The van der Waals surface area contributed by atoms with Gasteiger partial charge in [-0.25, -0.2) is 14.2 Å². The number of hydrogen-bond acceptors (Lipinski definition) is 5. The molecule has 1 aromatic carbocycles. The van der Waals surface area contributed by atoms with E-state index in [1.165, 1.54) is 12.1 Å². The van der Waals surface area contributed by atoms with E-state index in [0.717, 1.165) is 30.6 Å². The predicted octanol–water partition coefficient (Wildman–Crippen LogP) is -1.17. The zero-order valence-corrected chi connectivity index (χ0v) is 23.4. The standard InChI is InChI=1S/C16H20FN3O2S.CH4S.CH4.B4.B3.Na/c1-3-22-16(21)19-8-6-12(7-9-19)20-14-5-4-11(17)10-13(14)18-15(20)23-2;1-2;;1-4(2)3;1-3-2;/h4-5,10,12H,3,6-9H2,1-2H3;2H,1H3;1H4;;;/q;;;;;+1/p-1. The number of carbonyl (C=O) groups is 1. The number of benzene rings is 1. The summed E-state index contributed by atoms with van der Waals surface area (Å²) < 4.78 is 20.7. The van der Waals surface area contributed by atoms with Crippen LogP contribution in [0.5, 0.6) is 0 Å².